The fourth-order valence-electron chi connectivity index (χ4n) is 1.75. The fraction of sp³-hybridized carbons (Fsp3) is 0.750. The number of likely N-dealkylation sites (N-methyl/N-ethyl adjacent to an activating group) is 1. The number of carboxylic acid groups (broad SMARTS) is 1. The zero-order valence-corrected chi connectivity index (χ0v) is 12.4. The molecule has 21 heavy (non-hydrogen) atoms. The number of amides is 2. The van der Waals surface area contributed by atoms with E-state index in [0.29, 0.717) is 32.5 Å². The molecule has 0 bridgehead atoms. The molecule has 0 rings (SSSR count). The van der Waals surface area contributed by atoms with E-state index in [1.54, 1.807) is 0 Å². The lowest BCUT2D eigenvalue weighted by Gasteiger charge is -2.25. The smallest absolute Gasteiger partial charge is 0.407 e. The quantitative estimate of drug-likeness (QED) is 0.174. The summed E-state index contributed by atoms with van der Waals surface area (Å²) in [6, 6.07) is -0.755. The van der Waals surface area contributed by atoms with E-state index in [1.807, 2.05) is 0 Å². The van der Waals surface area contributed by atoms with Gasteiger partial charge in [-0.25, -0.2) is 4.79 Å². The lowest BCUT2D eigenvalue weighted by molar-refractivity contribution is -0.125. The van der Waals surface area contributed by atoms with Crippen molar-refractivity contribution in [3.63, 3.8) is 0 Å². The molecule has 0 aromatic carbocycles. The van der Waals surface area contributed by atoms with Crippen molar-refractivity contribution in [2.75, 3.05) is 26.7 Å². The largest absolute Gasteiger partial charge is 0.465 e. The molecule has 9 nitrogen and oxygen atoms in total. The molecule has 0 heterocycles. The maximum absolute atomic E-state index is 12.0. The first-order chi connectivity index (χ1) is 9.90. The summed E-state index contributed by atoms with van der Waals surface area (Å²) in [6.07, 6.45) is 1.29. The van der Waals surface area contributed by atoms with Crippen LogP contribution in [0.5, 0.6) is 0 Å². The Bertz CT molecular complexity index is 350. The number of nitrogens with two attached hydrogens (primary N) is 2. The molecule has 0 saturated carbocycles. The van der Waals surface area contributed by atoms with Crippen LogP contribution in [0.1, 0.15) is 25.7 Å². The van der Waals surface area contributed by atoms with E-state index in [9.17, 15) is 9.59 Å². The Kier molecular flexibility index (Phi) is 9.69. The first-order valence-corrected chi connectivity index (χ1v) is 6.91. The van der Waals surface area contributed by atoms with Crippen LogP contribution in [0.15, 0.2) is 0 Å². The highest BCUT2D eigenvalue weighted by atomic mass is 16.4. The summed E-state index contributed by atoms with van der Waals surface area (Å²) in [5.41, 5.74) is 10.5. The molecule has 0 aliphatic heterocycles. The number of nitrogens with one attached hydrogen (secondary N) is 3. The average Bonchev–Trinajstić information content (AvgIpc) is 2.42. The lowest BCUT2D eigenvalue weighted by Crippen LogP contribution is -2.47. The Hall–Kier alpha value is -2.03. The topological polar surface area (TPSA) is 158 Å². The van der Waals surface area contributed by atoms with Crippen LogP contribution in [-0.4, -0.2) is 60.7 Å². The van der Waals surface area contributed by atoms with Gasteiger partial charge in [-0.05, 0) is 32.2 Å². The molecule has 0 unspecified atom stereocenters. The molecule has 0 radical (unpaired) electrons. The van der Waals surface area contributed by atoms with E-state index in [2.05, 4.69) is 10.6 Å². The van der Waals surface area contributed by atoms with Crippen LogP contribution in [0.4, 0.5) is 4.79 Å². The predicted octanol–water partition coefficient (Wildman–Crippen LogP) is -0.917. The third-order valence-electron chi connectivity index (χ3n) is 2.97. The van der Waals surface area contributed by atoms with E-state index in [1.165, 1.54) is 7.05 Å². The second-order valence-corrected chi connectivity index (χ2v) is 4.68. The molecule has 122 valence electrons. The first-order valence-electron chi connectivity index (χ1n) is 6.91. The molecule has 0 aliphatic carbocycles. The van der Waals surface area contributed by atoms with E-state index in [-0.39, 0.29) is 11.9 Å². The average molecular weight is 302 g/mol. The summed E-state index contributed by atoms with van der Waals surface area (Å²) < 4.78 is 0. The number of unbranched alkanes of at least 4 members (excludes halogenated alkanes) is 1. The third kappa shape index (κ3) is 8.69. The minimum atomic E-state index is -1.16. The number of hydrogen-bond donors (Lipinski definition) is 6. The van der Waals surface area contributed by atoms with Crippen molar-refractivity contribution in [3.8, 4) is 0 Å². The Labute approximate surface area is 124 Å². The number of carbonyl (C=O) groups excluding carboxylic acids is 1. The second kappa shape index (κ2) is 10.7. The number of rotatable bonds is 10. The molecule has 0 aromatic heterocycles. The van der Waals surface area contributed by atoms with Crippen molar-refractivity contribution in [2.45, 2.75) is 31.7 Å². The number of hydrogen-bond acceptors (Lipinski definition) is 4. The lowest BCUT2D eigenvalue weighted by atomic mass is 10.1. The molecule has 9 heteroatoms. The van der Waals surface area contributed by atoms with Crippen LogP contribution in [0, 0.1) is 5.41 Å². The molecule has 0 fully saturated rings. The highest BCUT2D eigenvalue weighted by Crippen LogP contribution is 2.06. The van der Waals surface area contributed by atoms with Gasteiger partial charge in [0.05, 0.1) is 0 Å². The Morgan fingerprint density at radius 1 is 1.24 bits per heavy atom. The van der Waals surface area contributed by atoms with Crippen molar-refractivity contribution >= 4 is 18.0 Å². The highest BCUT2D eigenvalue weighted by molar-refractivity contribution is 5.85. The van der Waals surface area contributed by atoms with Crippen LogP contribution in [0.2, 0.25) is 0 Å². The van der Waals surface area contributed by atoms with Gasteiger partial charge in [0.1, 0.15) is 6.04 Å². The zero-order valence-electron chi connectivity index (χ0n) is 12.4. The predicted molar refractivity (Wildman–Crippen MR) is 80.0 cm³/mol. The summed E-state index contributed by atoms with van der Waals surface area (Å²) in [5.74, 6) is -0.468. The Morgan fingerprint density at radius 2 is 1.86 bits per heavy atom. The van der Waals surface area contributed by atoms with Gasteiger partial charge in [-0.1, -0.05) is 0 Å². The SMILES string of the molecule is CN(C(=O)O)[C@@H](CCCNC(=N)N)C(=O)NCCCCN. The number of carbonyl (C=O) groups is 2. The van der Waals surface area contributed by atoms with Gasteiger partial charge < -0.3 is 27.2 Å². The number of nitrogens with zero attached hydrogens (tertiary/aromatic N) is 1. The minimum Gasteiger partial charge on any atom is -0.465 e. The van der Waals surface area contributed by atoms with Gasteiger partial charge in [-0.3, -0.25) is 15.1 Å². The summed E-state index contributed by atoms with van der Waals surface area (Å²) >= 11 is 0. The summed E-state index contributed by atoms with van der Waals surface area (Å²) in [7, 11) is 1.37. The van der Waals surface area contributed by atoms with Gasteiger partial charge in [0, 0.05) is 20.1 Å². The number of guanidine groups is 1. The van der Waals surface area contributed by atoms with Crippen LogP contribution >= 0.6 is 0 Å². The van der Waals surface area contributed by atoms with Crippen LogP contribution in [-0.2, 0) is 4.79 Å². The van der Waals surface area contributed by atoms with Crippen molar-refractivity contribution in [1.29, 1.82) is 5.41 Å². The molecule has 0 saturated heterocycles. The van der Waals surface area contributed by atoms with Crippen molar-refractivity contribution in [1.82, 2.24) is 15.5 Å². The van der Waals surface area contributed by atoms with Gasteiger partial charge in [-0.2, -0.15) is 0 Å². The zero-order chi connectivity index (χ0) is 16.3. The van der Waals surface area contributed by atoms with E-state index in [4.69, 9.17) is 22.0 Å². The monoisotopic (exact) mass is 302 g/mol. The molecule has 2 amide bonds. The molecule has 0 spiro atoms. The van der Waals surface area contributed by atoms with E-state index in [0.717, 1.165) is 17.7 Å². The molecule has 8 N–H and O–H groups in total. The van der Waals surface area contributed by atoms with Gasteiger partial charge in [0.25, 0.3) is 0 Å². The van der Waals surface area contributed by atoms with Crippen molar-refractivity contribution in [3.05, 3.63) is 0 Å². The fourth-order valence-corrected chi connectivity index (χ4v) is 1.75. The molecule has 0 aromatic rings. The van der Waals surface area contributed by atoms with Crippen LogP contribution in [0.3, 0.4) is 0 Å². The summed E-state index contributed by atoms with van der Waals surface area (Å²) in [6.45, 7) is 1.45. The van der Waals surface area contributed by atoms with Gasteiger partial charge in [0.2, 0.25) is 5.91 Å². The third-order valence-corrected chi connectivity index (χ3v) is 2.97. The van der Waals surface area contributed by atoms with Gasteiger partial charge in [-0.15, -0.1) is 0 Å². The van der Waals surface area contributed by atoms with E-state index >= 15 is 0 Å². The highest BCUT2D eigenvalue weighted by Gasteiger charge is 2.25. The van der Waals surface area contributed by atoms with E-state index < -0.39 is 12.1 Å². The van der Waals surface area contributed by atoms with Gasteiger partial charge in [0.15, 0.2) is 5.96 Å². The summed E-state index contributed by atoms with van der Waals surface area (Å²) in [4.78, 5) is 24.1. The molecular weight excluding hydrogens is 276 g/mol. The van der Waals surface area contributed by atoms with Crippen LogP contribution in [0.25, 0.3) is 0 Å². The summed E-state index contributed by atoms with van der Waals surface area (Å²) in [5, 5.41) is 21.4. The molecular formula is C12H26N6O3. The molecule has 1 atom stereocenters. The van der Waals surface area contributed by atoms with Gasteiger partial charge >= 0.3 is 6.09 Å². The molecule has 0 aliphatic rings. The Morgan fingerprint density at radius 3 is 2.38 bits per heavy atom. The normalized spacial score (nSPS) is 11.5. The maximum atomic E-state index is 12.0. The van der Waals surface area contributed by atoms with Crippen molar-refractivity contribution in [2.24, 2.45) is 11.5 Å². The Balaban J connectivity index is 4.33. The maximum Gasteiger partial charge on any atom is 0.407 e. The van der Waals surface area contributed by atoms with Crippen LogP contribution < -0.4 is 22.1 Å². The standard InChI is InChI=1S/C12H26N6O3/c1-18(12(20)21)9(5-4-8-17-11(14)15)10(19)16-7-3-2-6-13/h9H,2-8,13H2,1H3,(H,16,19)(H,20,21)(H4,14,15,17)/t9-/m0/s1. The first kappa shape index (κ1) is 19.0. The second-order valence-electron chi connectivity index (χ2n) is 4.68. The van der Waals surface area contributed by atoms with Crippen molar-refractivity contribution < 1.29 is 14.7 Å². The minimum absolute atomic E-state index is 0.149.